The lowest BCUT2D eigenvalue weighted by Gasteiger charge is -2.26. The molecular formula is C27H25ClN4O2S. The van der Waals surface area contributed by atoms with Crippen LogP contribution in [0.5, 0.6) is 5.75 Å². The van der Waals surface area contributed by atoms with Gasteiger partial charge in [-0.05, 0) is 67.7 Å². The molecule has 178 valence electrons. The molecule has 1 saturated heterocycles. The van der Waals surface area contributed by atoms with Crippen molar-refractivity contribution in [1.82, 2.24) is 9.88 Å². The first-order valence-corrected chi connectivity index (χ1v) is 12.9. The Hall–Kier alpha value is -3.31. The van der Waals surface area contributed by atoms with Crippen LogP contribution in [0.25, 0.3) is 11.5 Å². The van der Waals surface area contributed by atoms with Crippen molar-refractivity contribution >= 4 is 28.8 Å². The van der Waals surface area contributed by atoms with Gasteiger partial charge in [-0.2, -0.15) is 10.2 Å². The van der Waals surface area contributed by atoms with Gasteiger partial charge in [-0.15, -0.1) is 11.3 Å². The van der Waals surface area contributed by atoms with Crippen LogP contribution in [0.4, 0.5) is 5.88 Å². The van der Waals surface area contributed by atoms with Crippen LogP contribution in [-0.2, 0) is 6.61 Å². The minimum Gasteiger partial charge on any atom is -0.489 e. The third-order valence-corrected chi connectivity index (χ3v) is 7.44. The third kappa shape index (κ3) is 5.51. The van der Waals surface area contributed by atoms with Crippen molar-refractivity contribution in [1.29, 1.82) is 5.26 Å². The molecule has 1 atom stereocenters. The molecule has 1 aliphatic heterocycles. The first kappa shape index (κ1) is 23.4. The number of hydrogen-bond donors (Lipinski definition) is 1. The molecule has 2 aromatic carbocycles. The van der Waals surface area contributed by atoms with Gasteiger partial charge >= 0.3 is 0 Å². The summed E-state index contributed by atoms with van der Waals surface area (Å²) < 4.78 is 11.8. The quantitative estimate of drug-likeness (QED) is 0.271. The first-order chi connectivity index (χ1) is 17.2. The molecule has 1 aliphatic rings. The Morgan fingerprint density at radius 1 is 1.11 bits per heavy atom. The molecule has 1 N–H and O–H groups in total. The van der Waals surface area contributed by atoms with Crippen LogP contribution in [0.2, 0.25) is 5.02 Å². The van der Waals surface area contributed by atoms with Gasteiger partial charge in [0.25, 0.3) is 0 Å². The van der Waals surface area contributed by atoms with E-state index in [0.29, 0.717) is 35.7 Å². The highest BCUT2D eigenvalue weighted by Gasteiger charge is 2.25. The van der Waals surface area contributed by atoms with Crippen LogP contribution in [0, 0.1) is 11.3 Å². The van der Waals surface area contributed by atoms with Crippen LogP contribution in [0.15, 0.2) is 70.5 Å². The number of thiophene rings is 1. The van der Waals surface area contributed by atoms with Gasteiger partial charge in [-0.1, -0.05) is 35.9 Å². The van der Waals surface area contributed by atoms with Crippen LogP contribution in [-0.4, -0.2) is 29.5 Å². The van der Waals surface area contributed by atoms with Crippen LogP contribution >= 0.6 is 22.9 Å². The summed E-state index contributed by atoms with van der Waals surface area (Å²) >= 11 is 7.96. The minimum absolute atomic E-state index is 0.243. The number of halogens is 1. The fourth-order valence-corrected chi connectivity index (χ4v) is 5.29. The molecule has 3 heterocycles. The van der Waals surface area contributed by atoms with E-state index in [0.717, 1.165) is 24.2 Å². The molecule has 0 unspecified atom stereocenters. The number of benzene rings is 2. The number of likely N-dealkylation sites (tertiary alicyclic amines) is 1. The Labute approximate surface area is 213 Å². The topological polar surface area (TPSA) is 74.3 Å². The fraction of sp³-hybridized carbons (Fsp3) is 0.259. The molecule has 0 amide bonds. The molecule has 5 rings (SSSR count). The van der Waals surface area contributed by atoms with Gasteiger partial charge < -0.3 is 14.5 Å². The highest BCUT2D eigenvalue weighted by molar-refractivity contribution is 7.10. The van der Waals surface area contributed by atoms with Gasteiger partial charge in [0, 0.05) is 27.6 Å². The number of nitriles is 1. The summed E-state index contributed by atoms with van der Waals surface area (Å²) in [5, 5.41) is 15.8. The van der Waals surface area contributed by atoms with E-state index in [1.165, 1.54) is 17.7 Å². The number of rotatable bonds is 9. The predicted molar refractivity (Wildman–Crippen MR) is 139 cm³/mol. The van der Waals surface area contributed by atoms with Crippen LogP contribution < -0.4 is 10.1 Å². The van der Waals surface area contributed by atoms with Gasteiger partial charge in [0.1, 0.15) is 18.4 Å². The maximum Gasteiger partial charge on any atom is 0.232 e. The molecule has 8 heteroatoms. The van der Waals surface area contributed by atoms with Crippen molar-refractivity contribution in [3.8, 4) is 23.3 Å². The molecule has 2 aromatic heterocycles. The molecule has 0 spiro atoms. The summed E-state index contributed by atoms with van der Waals surface area (Å²) in [7, 11) is 0. The number of nitrogens with zero attached hydrogens (tertiary/aromatic N) is 3. The van der Waals surface area contributed by atoms with Crippen molar-refractivity contribution in [2.75, 3.05) is 25.0 Å². The van der Waals surface area contributed by atoms with Gasteiger partial charge in [-0.25, -0.2) is 0 Å². The fourth-order valence-electron chi connectivity index (χ4n) is 4.24. The Morgan fingerprint density at radius 2 is 1.91 bits per heavy atom. The normalized spacial score (nSPS) is 14.5. The number of aromatic nitrogens is 1. The Balaban J connectivity index is 1.27. The number of ether oxygens (including phenoxy) is 1. The van der Waals surface area contributed by atoms with E-state index in [4.69, 9.17) is 20.8 Å². The van der Waals surface area contributed by atoms with E-state index in [-0.39, 0.29) is 11.7 Å². The molecular weight excluding hydrogens is 480 g/mol. The van der Waals surface area contributed by atoms with E-state index in [9.17, 15) is 5.26 Å². The lowest BCUT2D eigenvalue weighted by molar-refractivity contribution is 0.258. The van der Waals surface area contributed by atoms with E-state index in [1.54, 1.807) is 11.3 Å². The van der Waals surface area contributed by atoms with Crippen molar-refractivity contribution in [3.05, 3.63) is 87.2 Å². The largest absolute Gasteiger partial charge is 0.489 e. The van der Waals surface area contributed by atoms with E-state index < -0.39 is 0 Å². The van der Waals surface area contributed by atoms with Gasteiger partial charge in [0.2, 0.25) is 17.5 Å². The average Bonchev–Trinajstić information content (AvgIpc) is 3.67. The highest BCUT2D eigenvalue weighted by atomic mass is 35.5. The minimum atomic E-state index is 0.243. The zero-order chi connectivity index (χ0) is 24.0. The van der Waals surface area contributed by atoms with Gasteiger partial charge in [0.05, 0.1) is 6.04 Å². The summed E-state index contributed by atoms with van der Waals surface area (Å²) in [5.41, 5.74) is 1.95. The zero-order valence-corrected chi connectivity index (χ0v) is 20.7. The Kier molecular flexibility index (Phi) is 7.34. The molecule has 4 aromatic rings. The lowest BCUT2D eigenvalue weighted by Crippen LogP contribution is -2.30. The average molecular weight is 505 g/mol. The standard InChI is InChI=1S/C27H25ClN4O2S/c28-22-7-2-1-6-20(22)18-33-21-11-9-19(10-12-21)26-31-23(16-29)27(34-26)30-17-24(25-8-5-15-35-25)32-13-3-4-14-32/h1-2,5-12,15,24,30H,3-4,13-14,17-18H2/t24-/m0/s1. The van der Waals surface area contributed by atoms with Gasteiger partial charge in [0.15, 0.2) is 0 Å². The van der Waals surface area contributed by atoms with E-state index in [2.05, 4.69) is 38.8 Å². The second-order valence-corrected chi connectivity index (χ2v) is 9.75. The number of nitrogens with one attached hydrogen (secondary N) is 1. The second kappa shape index (κ2) is 11.0. The highest BCUT2D eigenvalue weighted by Crippen LogP contribution is 2.31. The molecule has 0 radical (unpaired) electrons. The lowest BCUT2D eigenvalue weighted by atomic mass is 10.2. The van der Waals surface area contributed by atoms with Crippen molar-refractivity contribution in [3.63, 3.8) is 0 Å². The third-order valence-electron chi connectivity index (χ3n) is 6.10. The smallest absolute Gasteiger partial charge is 0.232 e. The van der Waals surface area contributed by atoms with Crippen molar-refractivity contribution < 1.29 is 9.15 Å². The van der Waals surface area contributed by atoms with Gasteiger partial charge in [-0.3, -0.25) is 4.90 Å². The number of hydrogen-bond acceptors (Lipinski definition) is 7. The summed E-state index contributed by atoms with van der Waals surface area (Å²) in [4.78, 5) is 8.21. The summed E-state index contributed by atoms with van der Waals surface area (Å²) in [5.74, 6) is 1.52. The number of anilines is 1. The summed E-state index contributed by atoms with van der Waals surface area (Å²) in [6, 6.07) is 21.7. The molecule has 35 heavy (non-hydrogen) atoms. The van der Waals surface area contributed by atoms with E-state index in [1.807, 2.05) is 48.5 Å². The second-order valence-electron chi connectivity index (χ2n) is 8.37. The molecule has 0 saturated carbocycles. The molecule has 0 aliphatic carbocycles. The maximum absolute atomic E-state index is 9.63. The number of oxazole rings is 1. The summed E-state index contributed by atoms with van der Waals surface area (Å²) in [6.07, 6.45) is 2.44. The maximum atomic E-state index is 9.63. The Bertz CT molecular complexity index is 1290. The summed E-state index contributed by atoms with van der Waals surface area (Å²) in [6.45, 7) is 3.20. The SMILES string of the molecule is N#Cc1nc(-c2ccc(OCc3ccccc3Cl)cc2)oc1NC[C@@H](c1cccs1)N1CCCC1. The van der Waals surface area contributed by atoms with E-state index >= 15 is 0 Å². The zero-order valence-electron chi connectivity index (χ0n) is 19.1. The predicted octanol–water partition coefficient (Wildman–Crippen LogP) is 6.76. The molecule has 1 fully saturated rings. The van der Waals surface area contributed by atoms with Crippen molar-refractivity contribution in [2.45, 2.75) is 25.5 Å². The molecule has 0 bridgehead atoms. The monoisotopic (exact) mass is 504 g/mol. The first-order valence-electron chi connectivity index (χ1n) is 11.6. The Morgan fingerprint density at radius 3 is 2.63 bits per heavy atom. The van der Waals surface area contributed by atoms with Crippen LogP contribution in [0.1, 0.15) is 35.0 Å². The van der Waals surface area contributed by atoms with Crippen LogP contribution in [0.3, 0.4) is 0 Å². The molecule has 6 nitrogen and oxygen atoms in total. The van der Waals surface area contributed by atoms with Crippen molar-refractivity contribution in [2.24, 2.45) is 0 Å².